The molecule has 3 aliphatic rings. The van der Waals surface area contributed by atoms with Crippen LogP contribution in [0.15, 0.2) is 23.1 Å². The summed E-state index contributed by atoms with van der Waals surface area (Å²) in [6.07, 6.45) is 12.5. The maximum absolute atomic E-state index is 12.5. The Labute approximate surface area is 224 Å². The van der Waals surface area contributed by atoms with Crippen LogP contribution in [0, 0.1) is 0 Å². The molecule has 192 valence electrons. The second-order valence-electron chi connectivity index (χ2n) is 9.48. The molecule has 1 unspecified atom stereocenters. The second kappa shape index (κ2) is 11.8. The van der Waals surface area contributed by atoms with Crippen LogP contribution < -0.4 is 21.7 Å². The molecule has 10 heteroatoms. The number of nitrogens with one attached hydrogen (secondary N) is 1. The van der Waals surface area contributed by atoms with Crippen molar-refractivity contribution in [2.45, 2.75) is 93.8 Å². The van der Waals surface area contributed by atoms with Crippen LogP contribution in [0.5, 0.6) is 0 Å². The number of nitrogens with zero attached hydrogens (tertiary/aromatic N) is 2. The van der Waals surface area contributed by atoms with E-state index >= 15 is 0 Å². The number of rotatable bonds is 6. The number of hydrogen-bond donors (Lipinski definition) is 2. The van der Waals surface area contributed by atoms with Gasteiger partial charge in [-0.1, -0.05) is 30.5 Å². The Bertz CT molecular complexity index is 975. The minimum atomic E-state index is -3.73. The number of sulfonamides is 1. The van der Waals surface area contributed by atoms with Gasteiger partial charge in [0, 0.05) is 5.56 Å². The van der Waals surface area contributed by atoms with Crippen molar-refractivity contribution in [1.82, 2.24) is 9.62 Å². The number of thioether (sulfide) groups is 1. The van der Waals surface area contributed by atoms with Crippen LogP contribution in [0.25, 0.3) is 0 Å². The first-order chi connectivity index (χ1) is 15.8. The highest BCUT2D eigenvalue weighted by Gasteiger charge is 2.53. The fourth-order valence-corrected chi connectivity index (χ4v) is 8.51. The number of halogens is 2. The summed E-state index contributed by atoms with van der Waals surface area (Å²) >= 11 is 7.95. The lowest BCUT2D eigenvalue weighted by molar-refractivity contribution is -0.609. The summed E-state index contributed by atoms with van der Waals surface area (Å²) in [4.78, 5) is 2.10. The van der Waals surface area contributed by atoms with E-state index < -0.39 is 15.7 Å². The lowest BCUT2D eigenvalue weighted by atomic mass is 9.90. The summed E-state index contributed by atoms with van der Waals surface area (Å²) in [5.41, 5.74) is -0.712. The highest BCUT2D eigenvalue weighted by molar-refractivity contribution is 8.13. The van der Waals surface area contributed by atoms with E-state index in [1.54, 1.807) is 23.9 Å². The van der Waals surface area contributed by atoms with Crippen LogP contribution >= 0.6 is 23.4 Å². The van der Waals surface area contributed by atoms with E-state index in [4.69, 9.17) is 11.6 Å². The maximum atomic E-state index is 12.5. The Kier molecular flexibility index (Phi) is 9.82. The van der Waals surface area contributed by atoms with Crippen molar-refractivity contribution < 1.29 is 35.1 Å². The summed E-state index contributed by atoms with van der Waals surface area (Å²) in [5, 5.41) is 13.3. The number of amidine groups is 1. The van der Waals surface area contributed by atoms with Crippen molar-refractivity contribution in [3.05, 3.63) is 28.8 Å². The molecule has 0 spiro atoms. The zero-order chi connectivity index (χ0) is 23.6. The van der Waals surface area contributed by atoms with E-state index in [2.05, 4.69) is 21.1 Å². The maximum Gasteiger partial charge on any atom is 0.311 e. The molecule has 3 fully saturated rings. The molecular weight excluding hydrogens is 558 g/mol. The molecule has 4 rings (SSSR count). The van der Waals surface area contributed by atoms with E-state index in [1.807, 2.05) is 0 Å². The molecule has 6 nitrogen and oxygen atoms in total. The Morgan fingerprint density at radius 1 is 1.12 bits per heavy atom. The van der Waals surface area contributed by atoms with Crippen molar-refractivity contribution in [1.29, 1.82) is 0 Å². The minimum Gasteiger partial charge on any atom is -1.00 e. The lowest BCUT2D eigenvalue weighted by Crippen LogP contribution is -3.00. The molecule has 2 saturated carbocycles. The summed E-state index contributed by atoms with van der Waals surface area (Å²) < 4.78 is 30.0. The molecule has 1 aliphatic heterocycles. The minimum absolute atomic E-state index is 0. The van der Waals surface area contributed by atoms with Gasteiger partial charge in [-0.25, -0.2) is 18.0 Å². The van der Waals surface area contributed by atoms with E-state index in [1.165, 1.54) is 77.3 Å². The van der Waals surface area contributed by atoms with Crippen LogP contribution in [0.2, 0.25) is 5.02 Å². The van der Waals surface area contributed by atoms with Gasteiger partial charge in [-0.3, -0.25) is 4.58 Å². The smallest absolute Gasteiger partial charge is 0.311 e. The van der Waals surface area contributed by atoms with E-state index in [0.717, 1.165) is 5.17 Å². The number of hydrogen-bond acceptors (Lipinski definition) is 4. The highest BCUT2D eigenvalue weighted by atomic mass is 79.9. The van der Waals surface area contributed by atoms with Gasteiger partial charge in [0.2, 0.25) is 15.7 Å². The van der Waals surface area contributed by atoms with Crippen molar-refractivity contribution in [2.75, 3.05) is 19.3 Å². The van der Waals surface area contributed by atoms with Gasteiger partial charge in [0.1, 0.15) is 4.90 Å². The third-order valence-corrected chi connectivity index (χ3v) is 10.6. The van der Waals surface area contributed by atoms with Gasteiger partial charge in [0.15, 0.2) is 0 Å². The average Bonchev–Trinajstić information content (AvgIpc) is 3.17. The fourth-order valence-electron chi connectivity index (χ4n) is 5.73. The van der Waals surface area contributed by atoms with Crippen LogP contribution in [0.3, 0.4) is 0 Å². The zero-order valence-electron chi connectivity index (χ0n) is 20.1. The molecule has 1 saturated heterocycles. The second-order valence-corrected chi connectivity index (χ2v) is 12.7. The van der Waals surface area contributed by atoms with Crippen molar-refractivity contribution >= 4 is 38.6 Å². The SMILES string of the molecule is CCN1C(=[N+](C2CCCCC2)C2CCCCC2)SCC1(O)c1ccc(Cl)c(S(=O)(=O)NC)c1.[Br-]. The predicted molar refractivity (Wildman–Crippen MR) is 135 cm³/mol. The largest absolute Gasteiger partial charge is 1.00 e. The summed E-state index contributed by atoms with van der Waals surface area (Å²) in [6.45, 7) is 2.71. The van der Waals surface area contributed by atoms with Gasteiger partial charge in [0.05, 0.1) is 29.4 Å². The first-order valence-corrected chi connectivity index (χ1v) is 15.2. The molecule has 1 aromatic rings. The topological polar surface area (TPSA) is 72.6 Å². The molecule has 2 aliphatic carbocycles. The third-order valence-electron chi connectivity index (χ3n) is 7.51. The summed E-state index contributed by atoms with van der Waals surface area (Å²) in [5.74, 6) is 0.465. The first kappa shape index (κ1) is 28.3. The molecule has 1 heterocycles. The van der Waals surface area contributed by atoms with Gasteiger partial charge in [0.25, 0.3) is 0 Å². The Morgan fingerprint density at radius 2 is 1.68 bits per heavy atom. The van der Waals surface area contributed by atoms with E-state index in [0.29, 0.717) is 29.9 Å². The molecule has 2 N–H and O–H groups in total. The average molecular weight is 595 g/mol. The van der Waals surface area contributed by atoms with Crippen LogP contribution in [-0.4, -0.2) is 59.6 Å². The standard InChI is InChI=1S/C24H37ClN3O3S2.BrH/c1-3-27-23(28(19-10-6-4-7-11-19)20-12-8-5-9-13-20)32-17-24(27,29)18-14-15-21(25)22(16-18)33(30,31)26-2;/h14-16,19-20,26,29H,3-13,17H2,1-2H3;1H/q+1;/p-1. The summed E-state index contributed by atoms with van der Waals surface area (Å²) in [6, 6.07) is 5.91. The van der Waals surface area contributed by atoms with E-state index in [-0.39, 0.29) is 26.9 Å². The molecule has 0 radical (unpaired) electrons. The van der Waals surface area contributed by atoms with Crippen LogP contribution in [-0.2, 0) is 15.7 Å². The van der Waals surface area contributed by atoms with E-state index in [9.17, 15) is 13.5 Å². The first-order valence-electron chi connectivity index (χ1n) is 12.3. The molecular formula is C24H37BrClN3O3S2. The van der Waals surface area contributed by atoms with Crippen LogP contribution in [0.4, 0.5) is 0 Å². The monoisotopic (exact) mass is 593 g/mol. The number of aliphatic hydroxyl groups is 1. The summed E-state index contributed by atoms with van der Waals surface area (Å²) in [7, 11) is -2.36. The van der Waals surface area contributed by atoms with Crippen molar-refractivity contribution in [3.8, 4) is 0 Å². The highest BCUT2D eigenvalue weighted by Crippen LogP contribution is 2.42. The Hall–Kier alpha value is -0.320. The van der Waals surface area contributed by atoms with Crippen molar-refractivity contribution in [2.24, 2.45) is 0 Å². The molecule has 1 atom stereocenters. The van der Waals surface area contributed by atoms with Gasteiger partial charge < -0.3 is 22.1 Å². The number of benzene rings is 1. The predicted octanol–water partition coefficient (Wildman–Crippen LogP) is 1.50. The molecule has 1 aromatic carbocycles. The molecule has 0 bridgehead atoms. The van der Waals surface area contributed by atoms with Gasteiger partial charge in [-0.15, -0.1) is 0 Å². The normalized spacial score (nSPS) is 24.8. The molecule has 34 heavy (non-hydrogen) atoms. The van der Waals surface area contributed by atoms with Gasteiger partial charge in [-0.2, -0.15) is 0 Å². The molecule has 0 amide bonds. The lowest BCUT2D eigenvalue weighted by Gasteiger charge is -2.35. The van der Waals surface area contributed by atoms with Crippen LogP contribution in [0.1, 0.15) is 76.7 Å². The van der Waals surface area contributed by atoms with Gasteiger partial charge in [-0.05, 0) is 89.2 Å². The van der Waals surface area contributed by atoms with Crippen molar-refractivity contribution in [3.63, 3.8) is 0 Å². The Morgan fingerprint density at radius 3 is 2.18 bits per heavy atom. The quantitative estimate of drug-likeness (QED) is 0.489. The molecule has 0 aromatic heterocycles. The Balaban J connectivity index is 0.00000324. The zero-order valence-corrected chi connectivity index (χ0v) is 24.1. The fraction of sp³-hybridized carbons (Fsp3) is 0.708. The van der Waals surface area contributed by atoms with Gasteiger partial charge >= 0.3 is 5.17 Å². The third kappa shape index (κ3) is 5.49.